The highest BCUT2D eigenvalue weighted by atomic mass is 32.2. The Balaban J connectivity index is 1.34. The minimum atomic E-state index is 0.605. The third-order valence-corrected chi connectivity index (χ3v) is 8.16. The average molecular weight is 532 g/mol. The molecule has 0 bridgehead atoms. The highest BCUT2D eigenvalue weighted by molar-refractivity contribution is 7.98. The van der Waals surface area contributed by atoms with E-state index in [-0.39, 0.29) is 0 Å². The van der Waals surface area contributed by atoms with E-state index in [0.29, 0.717) is 12.3 Å². The van der Waals surface area contributed by atoms with Crippen LogP contribution in [0, 0.1) is 6.92 Å². The van der Waals surface area contributed by atoms with E-state index in [1.54, 1.807) is 23.1 Å². The van der Waals surface area contributed by atoms with Crippen molar-refractivity contribution in [2.45, 2.75) is 24.4 Å². The molecule has 186 valence electrons. The van der Waals surface area contributed by atoms with Crippen LogP contribution < -0.4 is 0 Å². The first-order valence-corrected chi connectivity index (χ1v) is 14.2. The monoisotopic (exact) mass is 531 g/mol. The summed E-state index contributed by atoms with van der Waals surface area (Å²) in [6, 6.07) is 29.0. The van der Waals surface area contributed by atoms with Gasteiger partial charge < -0.3 is 0 Å². The molecule has 0 fully saturated rings. The predicted octanol–water partition coefficient (Wildman–Crippen LogP) is 8.07. The molecule has 0 saturated carbocycles. The molecule has 0 aliphatic carbocycles. The third kappa shape index (κ3) is 4.90. The minimum Gasteiger partial charge on any atom is -0.298 e. The highest BCUT2D eigenvalue weighted by Crippen LogP contribution is 2.34. The quantitative estimate of drug-likeness (QED) is 0.147. The summed E-state index contributed by atoms with van der Waals surface area (Å²) in [5.74, 6) is 1.52. The first-order chi connectivity index (χ1) is 18.7. The summed E-state index contributed by atoms with van der Waals surface area (Å²) in [4.78, 5) is 9.81. The number of nitrogens with zero attached hydrogens (tertiary/aromatic N) is 5. The lowest BCUT2D eigenvalue weighted by Crippen LogP contribution is -2.02. The van der Waals surface area contributed by atoms with Gasteiger partial charge in [-0.15, -0.1) is 28.1 Å². The molecule has 0 amide bonds. The maximum absolute atomic E-state index is 4.93. The fourth-order valence-electron chi connectivity index (χ4n) is 4.43. The number of hydrogen-bond acceptors (Lipinski definition) is 6. The number of allylic oxidation sites excluding steroid dienone is 1. The second kappa shape index (κ2) is 10.7. The number of hydrogen-bond donors (Lipinski definition) is 0. The molecule has 3 aromatic heterocycles. The van der Waals surface area contributed by atoms with Gasteiger partial charge in [0.25, 0.3) is 0 Å². The van der Waals surface area contributed by atoms with Crippen LogP contribution in [0.4, 0.5) is 0 Å². The van der Waals surface area contributed by atoms with Crippen LogP contribution in [0.3, 0.4) is 0 Å². The van der Waals surface area contributed by atoms with Gasteiger partial charge in [-0.05, 0) is 25.1 Å². The lowest BCUT2D eigenvalue weighted by atomic mass is 10.0. The summed E-state index contributed by atoms with van der Waals surface area (Å²) in [5, 5.41) is 14.3. The molecule has 0 N–H and O–H groups in total. The van der Waals surface area contributed by atoms with Crippen molar-refractivity contribution < 1.29 is 0 Å². The first kappa shape index (κ1) is 24.3. The molecule has 0 unspecified atom stereocenters. The maximum atomic E-state index is 4.93. The molecule has 6 aromatic rings. The number of pyridine rings is 1. The van der Waals surface area contributed by atoms with Crippen molar-refractivity contribution >= 4 is 34.0 Å². The Morgan fingerprint density at radius 1 is 0.895 bits per heavy atom. The minimum absolute atomic E-state index is 0.605. The number of fused-ring (bicyclic) bond motifs is 1. The molecule has 3 aromatic carbocycles. The Bertz CT molecular complexity index is 1740. The molecule has 0 aliphatic heterocycles. The van der Waals surface area contributed by atoms with Gasteiger partial charge in [0.05, 0.1) is 16.9 Å². The lowest BCUT2D eigenvalue weighted by Gasteiger charge is -2.12. The van der Waals surface area contributed by atoms with Crippen LogP contribution in [0.1, 0.15) is 11.3 Å². The molecule has 0 atom stereocenters. The van der Waals surface area contributed by atoms with Crippen molar-refractivity contribution in [1.82, 2.24) is 24.7 Å². The van der Waals surface area contributed by atoms with E-state index < -0.39 is 0 Å². The number of rotatable bonds is 8. The molecule has 6 rings (SSSR count). The van der Waals surface area contributed by atoms with Gasteiger partial charge in [0.15, 0.2) is 11.0 Å². The molecule has 5 nitrogen and oxygen atoms in total. The zero-order valence-electron chi connectivity index (χ0n) is 20.9. The van der Waals surface area contributed by atoms with E-state index in [4.69, 9.17) is 9.97 Å². The van der Waals surface area contributed by atoms with Crippen LogP contribution in [-0.2, 0) is 12.3 Å². The molecule has 0 saturated heterocycles. The second-order valence-electron chi connectivity index (χ2n) is 8.95. The van der Waals surface area contributed by atoms with Crippen LogP contribution in [0.25, 0.3) is 44.1 Å². The van der Waals surface area contributed by atoms with Crippen LogP contribution in [0.15, 0.2) is 108 Å². The van der Waals surface area contributed by atoms with Crippen LogP contribution in [-0.4, -0.2) is 24.7 Å². The number of aryl methyl sites for hydroxylation is 1. The zero-order chi connectivity index (χ0) is 25.9. The van der Waals surface area contributed by atoms with E-state index in [2.05, 4.69) is 82.2 Å². The number of thioether (sulfide) groups is 1. The Hall–Kier alpha value is -4.07. The van der Waals surface area contributed by atoms with Gasteiger partial charge in [0, 0.05) is 39.8 Å². The van der Waals surface area contributed by atoms with Gasteiger partial charge in [-0.25, -0.2) is 9.97 Å². The molecule has 0 aliphatic rings. The van der Waals surface area contributed by atoms with Crippen molar-refractivity contribution in [2.75, 3.05) is 0 Å². The topological polar surface area (TPSA) is 56.5 Å². The predicted molar refractivity (Wildman–Crippen MR) is 158 cm³/mol. The van der Waals surface area contributed by atoms with Gasteiger partial charge in [-0.3, -0.25) is 4.57 Å². The molecular formula is C31H25N5S2. The molecule has 3 heterocycles. The maximum Gasteiger partial charge on any atom is 0.192 e. The van der Waals surface area contributed by atoms with E-state index >= 15 is 0 Å². The van der Waals surface area contributed by atoms with E-state index in [9.17, 15) is 0 Å². The standard InChI is InChI=1S/C31H25N5S2/c1-3-16-36-29(26-18-28(22-11-5-4-6-12-22)33-27-15-8-7-14-25(26)27)34-35-31(36)38-20-24-19-37-30(32-24)23-13-9-10-21(2)17-23/h3-15,17-19H,1,16,20H2,2H3. The molecule has 0 spiro atoms. The summed E-state index contributed by atoms with van der Waals surface area (Å²) in [5.41, 5.74) is 7.33. The van der Waals surface area contributed by atoms with Crippen LogP contribution >= 0.6 is 23.1 Å². The van der Waals surface area contributed by atoms with Gasteiger partial charge in [0.2, 0.25) is 0 Å². The molecule has 0 radical (unpaired) electrons. The summed E-state index contributed by atoms with van der Waals surface area (Å²) in [6.45, 7) is 6.70. The van der Waals surface area contributed by atoms with Gasteiger partial charge in [0.1, 0.15) is 5.01 Å². The van der Waals surface area contributed by atoms with Crippen molar-refractivity contribution in [3.8, 4) is 33.2 Å². The van der Waals surface area contributed by atoms with Crippen molar-refractivity contribution in [3.63, 3.8) is 0 Å². The SMILES string of the molecule is C=CCn1c(SCc2csc(-c3cccc(C)c3)n2)nnc1-c1cc(-c2ccccc2)nc2ccccc12. The van der Waals surface area contributed by atoms with Crippen LogP contribution in [0.2, 0.25) is 0 Å². The first-order valence-electron chi connectivity index (χ1n) is 12.3. The van der Waals surface area contributed by atoms with Gasteiger partial charge in [-0.2, -0.15) is 0 Å². The highest BCUT2D eigenvalue weighted by Gasteiger charge is 2.18. The normalized spacial score (nSPS) is 11.2. The van der Waals surface area contributed by atoms with Gasteiger partial charge in [-0.1, -0.05) is 90.1 Å². The van der Waals surface area contributed by atoms with Crippen molar-refractivity contribution in [1.29, 1.82) is 0 Å². The number of para-hydroxylation sites is 1. The van der Waals surface area contributed by atoms with E-state index in [1.807, 2.05) is 42.5 Å². The van der Waals surface area contributed by atoms with E-state index in [1.165, 1.54) is 5.56 Å². The third-order valence-electron chi connectivity index (χ3n) is 6.22. The molecular weight excluding hydrogens is 507 g/mol. The Kier molecular flexibility index (Phi) is 6.86. The fourth-order valence-corrected chi connectivity index (χ4v) is 6.19. The fraction of sp³-hybridized carbons (Fsp3) is 0.0968. The summed E-state index contributed by atoms with van der Waals surface area (Å²) in [6.07, 6.45) is 1.89. The van der Waals surface area contributed by atoms with Crippen molar-refractivity contribution in [2.24, 2.45) is 0 Å². The number of aromatic nitrogens is 5. The van der Waals surface area contributed by atoms with Gasteiger partial charge >= 0.3 is 0 Å². The smallest absolute Gasteiger partial charge is 0.192 e. The number of benzene rings is 3. The summed E-state index contributed by atoms with van der Waals surface area (Å²) < 4.78 is 2.13. The number of thiazole rings is 1. The summed E-state index contributed by atoms with van der Waals surface area (Å²) in [7, 11) is 0. The Labute approximate surface area is 230 Å². The Morgan fingerprint density at radius 3 is 2.55 bits per heavy atom. The zero-order valence-corrected chi connectivity index (χ0v) is 22.5. The largest absolute Gasteiger partial charge is 0.298 e. The van der Waals surface area contributed by atoms with Crippen LogP contribution in [0.5, 0.6) is 0 Å². The molecule has 7 heteroatoms. The van der Waals surface area contributed by atoms with E-state index in [0.717, 1.165) is 55.0 Å². The van der Waals surface area contributed by atoms with Crippen molar-refractivity contribution in [3.05, 3.63) is 114 Å². The second-order valence-corrected chi connectivity index (χ2v) is 10.7. The molecule has 38 heavy (non-hydrogen) atoms. The lowest BCUT2D eigenvalue weighted by molar-refractivity contribution is 0.731. The Morgan fingerprint density at radius 2 is 1.71 bits per heavy atom. The average Bonchev–Trinajstić information content (AvgIpc) is 3.59. The summed E-state index contributed by atoms with van der Waals surface area (Å²) >= 11 is 3.32.